The number of rotatable bonds is 7. The minimum Gasteiger partial charge on any atom is -0.491 e. The van der Waals surface area contributed by atoms with Gasteiger partial charge in [0.05, 0.1) is 6.54 Å². The number of benzene rings is 1. The van der Waals surface area contributed by atoms with E-state index in [1.54, 1.807) is 7.05 Å². The smallest absolute Gasteiger partial charge is 0.191 e. The summed E-state index contributed by atoms with van der Waals surface area (Å²) < 4.78 is 5.78. The first-order valence-electron chi connectivity index (χ1n) is 8.65. The molecule has 2 N–H and O–H groups in total. The lowest BCUT2D eigenvalue weighted by Gasteiger charge is -2.26. The highest BCUT2D eigenvalue weighted by atomic mass is 127. The van der Waals surface area contributed by atoms with Crippen LogP contribution in [0.25, 0.3) is 0 Å². The number of halogens is 1. The van der Waals surface area contributed by atoms with Crippen molar-refractivity contribution < 1.29 is 4.74 Å². The first kappa shape index (κ1) is 21.0. The summed E-state index contributed by atoms with van der Waals surface area (Å²) >= 11 is 0. The van der Waals surface area contributed by atoms with Gasteiger partial charge in [0.2, 0.25) is 0 Å². The number of likely N-dealkylation sites (tertiary alicyclic amines) is 1. The van der Waals surface area contributed by atoms with Gasteiger partial charge in [-0.15, -0.1) is 24.0 Å². The van der Waals surface area contributed by atoms with Crippen molar-refractivity contribution in [3.8, 4) is 5.75 Å². The monoisotopic (exact) mass is 446 g/mol. The topological polar surface area (TPSA) is 48.9 Å². The predicted octanol–water partition coefficient (Wildman–Crippen LogP) is 2.64. The first-order chi connectivity index (χ1) is 11.3. The number of piperidine rings is 1. The number of guanidine groups is 1. The van der Waals surface area contributed by atoms with Crippen molar-refractivity contribution in [1.82, 2.24) is 15.5 Å². The van der Waals surface area contributed by atoms with E-state index in [0.29, 0.717) is 6.61 Å². The summed E-state index contributed by atoms with van der Waals surface area (Å²) in [5.74, 6) is 1.79. The Hall–Kier alpha value is -1.02. The third-order valence-corrected chi connectivity index (χ3v) is 4.14. The molecule has 1 saturated heterocycles. The van der Waals surface area contributed by atoms with Crippen molar-refractivity contribution in [1.29, 1.82) is 0 Å². The second kappa shape index (κ2) is 12.4. The molecule has 1 aliphatic rings. The molecule has 1 aromatic rings. The zero-order valence-electron chi connectivity index (χ0n) is 14.9. The Morgan fingerprint density at radius 3 is 2.54 bits per heavy atom. The van der Waals surface area contributed by atoms with E-state index in [9.17, 15) is 0 Å². The van der Waals surface area contributed by atoms with E-state index in [2.05, 4.69) is 33.5 Å². The molecule has 1 aliphatic heterocycles. The van der Waals surface area contributed by atoms with Gasteiger partial charge in [0.25, 0.3) is 0 Å². The van der Waals surface area contributed by atoms with Gasteiger partial charge in [-0.05, 0) is 44.5 Å². The van der Waals surface area contributed by atoms with Gasteiger partial charge in [0.15, 0.2) is 5.96 Å². The molecule has 136 valence electrons. The Bertz CT molecular complexity index is 490. The number of ether oxygens (including phenoxy) is 1. The van der Waals surface area contributed by atoms with Crippen LogP contribution in [0.2, 0.25) is 0 Å². The van der Waals surface area contributed by atoms with Crippen LogP contribution in [0.15, 0.2) is 29.3 Å². The summed E-state index contributed by atoms with van der Waals surface area (Å²) in [6.45, 7) is 7.90. The summed E-state index contributed by atoms with van der Waals surface area (Å²) in [4.78, 5) is 6.77. The number of para-hydroxylation sites is 1. The van der Waals surface area contributed by atoms with Crippen LogP contribution < -0.4 is 15.4 Å². The zero-order chi connectivity index (χ0) is 16.3. The Labute approximate surface area is 163 Å². The summed E-state index contributed by atoms with van der Waals surface area (Å²) in [6, 6.07) is 8.08. The van der Waals surface area contributed by atoms with E-state index >= 15 is 0 Å². The van der Waals surface area contributed by atoms with E-state index < -0.39 is 0 Å². The van der Waals surface area contributed by atoms with Crippen LogP contribution in [0.4, 0.5) is 0 Å². The number of nitrogens with one attached hydrogen (secondary N) is 2. The van der Waals surface area contributed by atoms with Crippen LogP contribution in [0.3, 0.4) is 0 Å². The molecule has 0 spiro atoms. The highest BCUT2D eigenvalue weighted by molar-refractivity contribution is 14.0. The fourth-order valence-electron chi connectivity index (χ4n) is 2.78. The van der Waals surface area contributed by atoms with Crippen molar-refractivity contribution in [3.63, 3.8) is 0 Å². The minimum absolute atomic E-state index is 0. The van der Waals surface area contributed by atoms with Crippen LogP contribution in [0.5, 0.6) is 5.75 Å². The summed E-state index contributed by atoms with van der Waals surface area (Å²) in [6.07, 6.45) is 4.06. The lowest BCUT2D eigenvalue weighted by atomic mass is 10.1. The lowest BCUT2D eigenvalue weighted by Crippen LogP contribution is -2.43. The molecule has 0 aliphatic carbocycles. The normalized spacial score (nSPS) is 15.5. The molecule has 1 heterocycles. The quantitative estimate of drug-likeness (QED) is 0.293. The van der Waals surface area contributed by atoms with Crippen molar-refractivity contribution in [3.05, 3.63) is 29.8 Å². The Morgan fingerprint density at radius 1 is 1.12 bits per heavy atom. The molecule has 0 radical (unpaired) electrons. The van der Waals surface area contributed by atoms with Gasteiger partial charge in [-0.3, -0.25) is 4.99 Å². The second-order valence-corrected chi connectivity index (χ2v) is 5.94. The molecule has 0 unspecified atom stereocenters. The molecular formula is C18H31IN4O. The average molecular weight is 446 g/mol. The molecule has 6 heteroatoms. The highest BCUT2D eigenvalue weighted by Crippen LogP contribution is 2.15. The van der Waals surface area contributed by atoms with Crippen LogP contribution in [-0.4, -0.2) is 57.2 Å². The Balaban J connectivity index is 0.00000288. The number of hydrogen-bond acceptors (Lipinski definition) is 3. The molecule has 0 saturated carbocycles. The van der Waals surface area contributed by atoms with E-state index in [0.717, 1.165) is 36.9 Å². The van der Waals surface area contributed by atoms with E-state index in [1.807, 2.05) is 18.2 Å². The van der Waals surface area contributed by atoms with Gasteiger partial charge >= 0.3 is 0 Å². The van der Waals surface area contributed by atoms with E-state index in [4.69, 9.17) is 4.74 Å². The zero-order valence-corrected chi connectivity index (χ0v) is 17.2. The molecule has 1 aromatic carbocycles. The average Bonchev–Trinajstić information content (AvgIpc) is 2.59. The largest absolute Gasteiger partial charge is 0.491 e. The van der Waals surface area contributed by atoms with E-state index in [1.165, 1.54) is 32.4 Å². The highest BCUT2D eigenvalue weighted by Gasteiger charge is 2.09. The molecular weight excluding hydrogens is 415 g/mol. The Kier molecular flexibility index (Phi) is 10.8. The second-order valence-electron chi connectivity index (χ2n) is 5.94. The van der Waals surface area contributed by atoms with Crippen molar-refractivity contribution in [2.24, 2.45) is 4.99 Å². The predicted molar refractivity (Wildman–Crippen MR) is 112 cm³/mol. The van der Waals surface area contributed by atoms with Crippen molar-refractivity contribution in [2.75, 3.05) is 46.4 Å². The molecule has 1 fully saturated rings. The van der Waals surface area contributed by atoms with Crippen LogP contribution >= 0.6 is 24.0 Å². The number of nitrogens with zero attached hydrogens (tertiary/aromatic N) is 2. The number of hydrogen-bond donors (Lipinski definition) is 2. The molecule has 0 amide bonds. The summed E-state index contributed by atoms with van der Waals surface area (Å²) in [5, 5.41) is 6.66. The standard InChI is InChI=1S/C18H30N4O.HI/c1-16-8-4-5-9-17(16)23-15-11-21-18(19-2)20-10-14-22-12-6-3-7-13-22;/h4-5,8-9H,3,6-7,10-15H2,1-2H3,(H2,19,20,21);1H. The molecule has 2 rings (SSSR count). The number of aliphatic imine (C=N–C) groups is 1. The minimum atomic E-state index is 0. The molecule has 0 atom stereocenters. The maximum Gasteiger partial charge on any atom is 0.191 e. The third-order valence-electron chi connectivity index (χ3n) is 4.14. The van der Waals surface area contributed by atoms with Gasteiger partial charge < -0.3 is 20.3 Å². The van der Waals surface area contributed by atoms with Gasteiger partial charge in [-0.25, -0.2) is 0 Å². The van der Waals surface area contributed by atoms with Crippen molar-refractivity contribution >= 4 is 29.9 Å². The van der Waals surface area contributed by atoms with Crippen molar-refractivity contribution in [2.45, 2.75) is 26.2 Å². The first-order valence-corrected chi connectivity index (χ1v) is 8.65. The fraction of sp³-hybridized carbons (Fsp3) is 0.611. The van der Waals surface area contributed by atoms with Gasteiger partial charge in [0.1, 0.15) is 12.4 Å². The van der Waals surface area contributed by atoms with Gasteiger partial charge in [-0.2, -0.15) is 0 Å². The SMILES string of the molecule is CN=C(NCCOc1ccccc1C)NCCN1CCCCC1.I. The molecule has 0 bridgehead atoms. The third kappa shape index (κ3) is 7.70. The maximum absolute atomic E-state index is 5.78. The number of aryl methyl sites for hydroxylation is 1. The van der Waals surface area contributed by atoms with Crippen LogP contribution in [0.1, 0.15) is 24.8 Å². The fourth-order valence-corrected chi connectivity index (χ4v) is 2.78. The van der Waals surface area contributed by atoms with Crippen LogP contribution in [-0.2, 0) is 0 Å². The van der Waals surface area contributed by atoms with E-state index in [-0.39, 0.29) is 24.0 Å². The maximum atomic E-state index is 5.78. The van der Waals surface area contributed by atoms with Gasteiger partial charge in [0, 0.05) is 20.1 Å². The molecule has 24 heavy (non-hydrogen) atoms. The van der Waals surface area contributed by atoms with Crippen LogP contribution in [0, 0.1) is 6.92 Å². The van der Waals surface area contributed by atoms with Gasteiger partial charge in [-0.1, -0.05) is 24.6 Å². The summed E-state index contributed by atoms with van der Waals surface area (Å²) in [5.41, 5.74) is 1.16. The summed E-state index contributed by atoms with van der Waals surface area (Å²) in [7, 11) is 1.80. The Morgan fingerprint density at radius 2 is 1.83 bits per heavy atom. The lowest BCUT2D eigenvalue weighted by molar-refractivity contribution is 0.232. The molecule has 5 nitrogen and oxygen atoms in total. The molecule has 0 aromatic heterocycles.